The third-order valence-electron chi connectivity index (χ3n) is 3.89. The van der Waals surface area contributed by atoms with Gasteiger partial charge in [0.1, 0.15) is 0 Å². The number of rotatable bonds is 3. The van der Waals surface area contributed by atoms with Gasteiger partial charge < -0.3 is 10.4 Å². The fraction of sp³-hybridized carbons (Fsp3) is 0.400. The van der Waals surface area contributed by atoms with Crippen molar-refractivity contribution in [2.45, 2.75) is 31.9 Å². The average molecular weight is 257 g/mol. The van der Waals surface area contributed by atoms with Crippen LogP contribution in [0.1, 0.15) is 35.7 Å². The zero-order chi connectivity index (χ0) is 13.2. The molecule has 1 heterocycles. The van der Waals surface area contributed by atoms with E-state index >= 15 is 0 Å². The molecule has 1 aliphatic carbocycles. The summed E-state index contributed by atoms with van der Waals surface area (Å²) in [4.78, 5) is 0. The number of nitrogens with one attached hydrogen (secondary N) is 1. The highest BCUT2D eigenvalue weighted by Gasteiger charge is 2.23. The Balaban J connectivity index is 1.88. The fourth-order valence-electron chi connectivity index (χ4n) is 2.84. The summed E-state index contributed by atoms with van der Waals surface area (Å²) in [5.41, 5.74) is 4.58. The Morgan fingerprint density at radius 2 is 2.26 bits per heavy atom. The molecular weight excluding hydrogens is 238 g/mol. The first-order valence-electron chi connectivity index (χ1n) is 6.75. The van der Waals surface area contributed by atoms with Gasteiger partial charge >= 0.3 is 0 Å². The van der Waals surface area contributed by atoms with Gasteiger partial charge in [0, 0.05) is 29.6 Å². The number of aliphatic hydroxyl groups excluding tert-OH is 1. The average Bonchev–Trinajstić information content (AvgIpc) is 2.82. The summed E-state index contributed by atoms with van der Waals surface area (Å²) < 4.78 is 1.97. The molecule has 1 aromatic heterocycles. The largest absolute Gasteiger partial charge is 0.392 e. The fourth-order valence-corrected chi connectivity index (χ4v) is 2.84. The van der Waals surface area contributed by atoms with Crippen molar-refractivity contribution >= 4 is 5.69 Å². The molecule has 100 valence electrons. The summed E-state index contributed by atoms with van der Waals surface area (Å²) in [5.74, 6) is 0. The first-order chi connectivity index (χ1) is 9.29. The normalized spacial score (nSPS) is 18.1. The van der Waals surface area contributed by atoms with E-state index in [9.17, 15) is 5.11 Å². The Morgan fingerprint density at radius 3 is 3.11 bits per heavy atom. The maximum atomic E-state index is 9.39. The zero-order valence-electron chi connectivity index (χ0n) is 11.1. The van der Waals surface area contributed by atoms with Crippen LogP contribution in [0.3, 0.4) is 0 Å². The van der Waals surface area contributed by atoms with Gasteiger partial charge in [0.2, 0.25) is 0 Å². The lowest BCUT2D eigenvalue weighted by atomic mass is 9.92. The molecule has 1 aliphatic rings. The maximum absolute atomic E-state index is 9.39. The van der Waals surface area contributed by atoms with Crippen molar-refractivity contribution in [3.63, 3.8) is 0 Å². The summed E-state index contributed by atoms with van der Waals surface area (Å²) in [5, 5.41) is 17.3. The predicted molar refractivity (Wildman–Crippen MR) is 74.9 cm³/mol. The Labute approximate surface area is 113 Å². The van der Waals surface area contributed by atoms with Gasteiger partial charge in [-0.05, 0) is 25.3 Å². The van der Waals surface area contributed by atoms with Crippen LogP contribution in [0.25, 0.3) is 0 Å². The van der Waals surface area contributed by atoms with Gasteiger partial charge in [0.05, 0.1) is 18.8 Å². The number of anilines is 1. The number of nitrogens with zero attached hydrogens (tertiary/aromatic N) is 2. The smallest absolute Gasteiger partial charge is 0.0701 e. The first kappa shape index (κ1) is 12.2. The quantitative estimate of drug-likeness (QED) is 0.887. The number of aryl methyl sites for hydroxylation is 1. The number of aliphatic hydroxyl groups is 1. The molecule has 1 unspecified atom stereocenters. The molecule has 0 saturated carbocycles. The number of hydrogen-bond acceptors (Lipinski definition) is 3. The van der Waals surface area contributed by atoms with E-state index in [1.54, 1.807) is 0 Å². The molecule has 0 fully saturated rings. The van der Waals surface area contributed by atoms with Crippen molar-refractivity contribution in [2.24, 2.45) is 7.05 Å². The van der Waals surface area contributed by atoms with Gasteiger partial charge in [-0.2, -0.15) is 5.10 Å². The summed E-state index contributed by atoms with van der Waals surface area (Å²) in [6.45, 7) is 0.0653. The summed E-state index contributed by atoms with van der Waals surface area (Å²) >= 11 is 0. The summed E-state index contributed by atoms with van der Waals surface area (Å²) in [6.07, 6.45) is 5.35. The maximum Gasteiger partial charge on any atom is 0.0701 e. The number of benzene rings is 1. The number of para-hydroxylation sites is 1. The molecule has 0 aliphatic heterocycles. The van der Waals surface area contributed by atoms with E-state index in [1.807, 2.05) is 42.2 Å². The Morgan fingerprint density at radius 1 is 1.42 bits per heavy atom. The van der Waals surface area contributed by atoms with Crippen molar-refractivity contribution in [1.82, 2.24) is 9.78 Å². The highest BCUT2D eigenvalue weighted by molar-refractivity contribution is 5.52. The lowest BCUT2D eigenvalue weighted by molar-refractivity contribution is 0.282. The molecule has 19 heavy (non-hydrogen) atoms. The highest BCUT2D eigenvalue weighted by atomic mass is 16.3. The van der Waals surface area contributed by atoms with E-state index in [0.29, 0.717) is 6.04 Å². The molecule has 0 spiro atoms. The molecular formula is C15H19N3O. The van der Waals surface area contributed by atoms with Gasteiger partial charge in [-0.1, -0.05) is 18.2 Å². The molecule has 2 aromatic rings. The minimum absolute atomic E-state index is 0.0653. The molecule has 1 aromatic carbocycles. The van der Waals surface area contributed by atoms with Gasteiger partial charge in [-0.15, -0.1) is 0 Å². The van der Waals surface area contributed by atoms with Crippen molar-refractivity contribution in [3.8, 4) is 0 Å². The van der Waals surface area contributed by atoms with Crippen LogP contribution < -0.4 is 5.32 Å². The minimum atomic E-state index is 0.0653. The van der Waals surface area contributed by atoms with Gasteiger partial charge in [-0.25, -0.2) is 0 Å². The summed E-state index contributed by atoms with van der Waals surface area (Å²) in [6, 6.07) is 8.22. The van der Waals surface area contributed by atoms with E-state index < -0.39 is 0 Å². The van der Waals surface area contributed by atoms with Gasteiger partial charge in [0.25, 0.3) is 0 Å². The topological polar surface area (TPSA) is 50.1 Å². The third kappa shape index (κ3) is 2.24. The van der Waals surface area contributed by atoms with Crippen LogP contribution in [0.5, 0.6) is 0 Å². The van der Waals surface area contributed by atoms with Crippen LogP contribution in [0.15, 0.2) is 30.5 Å². The number of fused-ring (bicyclic) bond motifs is 1. The van der Waals surface area contributed by atoms with Crippen LogP contribution in [0.2, 0.25) is 0 Å². The second-order valence-electron chi connectivity index (χ2n) is 5.07. The van der Waals surface area contributed by atoms with Crippen molar-refractivity contribution in [3.05, 3.63) is 47.3 Å². The molecule has 0 radical (unpaired) electrons. The van der Waals surface area contributed by atoms with Crippen LogP contribution in [0, 0.1) is 0 Å². The number of hydrogen-bond donors (Lipinski definition) is 2. The molecule has 0 bridgehead atoms. The van der Waals surface area contributed by atoms with Gasteiger partial charge in [0.15, 0.2) is 0 Å². The Kier molecular flexibility index (Phi) is 3.25. The SMILES string of the molecule is Cn1ncc2c1CCCC2Nc1ccccc1CO. The first-order valence-corrected chi connectivity index (χ1v) is 6.75. The van der Waals surface area contributed by atoms with E-state index in [2.05, 4.69) is 10.4 Å². The lowest BCUT2D eigenvalue weighted by Gasteiger charge is -2.25. The second kappa shape index (κ2) is 5.05. The van der Waals surface area contributed by atoms with E-state index in [0.717, 1.165) is 24.1 Å². The Hall–Kier alpha value is -1.81. The molecule has 3 rings (SSSR count). The molecule has 1 atom stereocenters. The molecule has 4 heteroatoms. The molecule has 2 N–H and O–H groups in total. The highest BCUT2D eigenvalue weighted by Crippen LogP contribution is 2.32. The van der Waals surface area contributed by atoms with E-state index in [1.165, 1.54) is 17.7 Å². The second-order valence-corrected chi connectivity index (χ2v) is 5.07. The Bertz CT molecular complexity index is 577. The molecule has 0 saturated heterocycles. The van der Waals surface area contributed by atoms with Crippen molar-refractivity contribution in [2.75, 3.05) is 5.32 Å². The van der Waals surface area contributed by atoms with E-state index in [4.69, 9.17) is 0 Å². The van der Waals surface area contributed by atoms with Crippen LogP contribution in [-0.4, -0.2) is 14.9 Å². The minimum Gasteiger partial charge on any atom is -0.392 e. The van der Waals surface area contributed by atoms with Crippen molar-refractivity contribution < 1.29 is 5.11 Å². The molecule has 0 amide bonds. The third-order valence-corrected chi connectivity index (χ3v) is 3.89. The zero-order valence-corrected chi connectivity index (χ0v) is 11.1. The van der Waals surface area contributed by atoms with Crippen LogP contribution in [-0.2, 0) is 20.1 Å². The van der Waals surface area contributed by atoms with Gasteiger partial charge in [-0.3, -0.25) is 4.68 Å². The lowest BCUT2D eigenvalue weighted by Crippen LogP contribution is -2.18. The molecule has 4 nitrogen and oxygen atoms in total. The van der Waals surface area contributed by atoms with Crippen molar-refractivity contribution in [1.29, 1.82) is 0 Å². The number of aromatic nitrogens is 2. The standard InChI is InChI=1S/C15H19N3O/c1-18-15-8-4-7-14(12(15)9-16-18)17-13-6-3-2-5-11(13)10-19/h2-3,5-6,9,14,17,19H,4,7-8,10H2,1H3. The van der Waals surface area contributed by atoms with Crippen LogP contribution in [0.4, 0.5) is 5.69 Å². The summed E-state index contributed by atoms with van der Waals surface area (Å²) in [7, 11) is 2.00. The predicted octanol–water partition coefficient (Wildman–Crippen LogP) is 2.40. The van der Waals surface area contributed by atoms with Crippen LogP contribution >= 0.6 is 0 Å². The monoisotopic (exact) mass is 257 g/mol. The van der Waals surface area contributed by atoms with E-state index in [-0.39, 0.29) is 6.61 Å².